The molecular formula is C15H13NO4. The minimum absolute atomic E-state index is 0.108. The van der Waals surface area contributed by atoms with Gasteiger partial charge in [0.1, 0.15) is 11.1 Å². The van der Waals surface area contributed by atoms with Crippen LogP contribution >= 0.6 is 0 Å². The summed E-state index contributed by atoms with van der Waals surface area (Å²) in [5.74, 6) is 5.68. The number of benzene rings is 1. The van der Waals surface area contributed by atoms with Crippen molar-refractivity contribution < 1.29 is 9.34 Å². The minimum Gasteiger partial charge on any atom is -0.418 e. The molecule has 0 radical (unpaired) electrons. The number of hydrogen-bond donors (Lipinski definition) is 0. The van der Waals surface area contributed by atoms with Gasteiger partial charge in [-0.3, -0.25) is 10.1 Å². The van der Waals surface area contributed by atoms with Gasteiger partial charge >= 0.3 is 11.3 Å². The fourth-order valence-corrected chi connectivity index (χ4v) is 1.68. The van der Waals surface area contributed by atoms with Gasteiger partial charge in [-0.1, -0.05) is 24.0 Å². The van der Waals surface area contributed by atoms with Crippen LogP contribution in [0.3, 0.4) is 0 Å². The van der Waals surface area contributed by atoms with Crippen molar-refractivity contribution in [2.24, 2.45) is 5.41 Å². The van der Waals surface area contributed by atoms with Crippen molar-refractivity contribution in [3.05, 3.63) is 50.4 Å². The Bertz CT molecular complexity index is 800. The first kappa shape index (κ1) is 13.8. The van der Waals surface area contributed by atoms with Crippen LogP contribution in [0.4, 0.5) is 5.69 Å². The Hall–Kier alpha value is -2.61. The molecule has 1 aromatic carbocycles. The quantitative estimate of drug-likeness (QED) is 0.346. The van der Waals surface area contributed by atoms with Crippen LogP contribution in [0.25, 0.3) is 11.0 Å². The molecule has 0 spiro atoms. The van der Waals surface area contributed by atoms with E-state index in [2.05, 4.69) is 11.8 Å². The molecule has 0 bridgehead atoms. The number of nitro groups is 1. The molecule has 0 saturated carbocycles. The Morgan fingerprint density at radius 1 is 1.25 bits per heavy atom. The van der Waals surface area contributed by atoms with Crippen molar-refractivity contribution in [1.82, 2.24) is 0 Å². The summed E-state index contributed by atoms with van der Waals surface area (Å²) in [4.78, 5) is 22.1. The summed E-state index contributed by atoms with van der Waals surface area (Å²) in [6.07, 6.45) is 0. The second-order valence-corrected chi connectivity index (χ2v) is 5.37. The second kappa shape index (κ2) is 4.82. The van der Waals surface area contributed by atoms with E-state index in [0.29, 0.717) is 11.0 Å². The van der Waals surface area contributed by atoms with Crippen molar-refractivity contribution in [2.75, 3.05) is 0 Å². The summed E-state index contributed by atoms with van der Waals surface area (Å²) >= 11 is 0. The zero-order valence-electron chi connectivity index (χ0n) is 11.4. The third-order valence-corrected chi connectivity index (χ3v) is 2.53. The third kappa shape index (κ3) is 2.69. The summed E-state index contributed by atoms with van der Waals surface area (Å²) < 4.78 is 4.96. The summed E-state index contributed by atoms with van der Waals surface area (Å²) in [7, 11) is 0. The lowest BCUT2D eigenvalue weighted by atomic mass is 9.97. The zero-order valence-corrected chi connectivity index (χ0v) is 11.4. The fourth-order valence-electron chi connectivity index (χ4n) is 1.68. The molecule has 1 heterocycles. The molecule has 20 heavy (non-hydrogen) atoms. The Labute approximate surface area is 115 Å². The molecule has 0 aliphatic rings. The van der Waals surface area contributed by atoms with Crippen molar-refractivity contribution in [3.8, 4) is 11.8 Å². The van der Waals surface area contributed by atoms with Gasteiger partial charge in [0.15, 0.2) is 0 Å². The van der Waals surface area contributed by atoms with E-state index >= 15 is 0 Å². The first-order valence-electron chi connectivity index (χ1n) is 6.03. The van der Waals surface area contributed by atoms with Gasteiger partial charge in [0.2, 0.25) is 0 Å². The number of nitrogens with zero attached hydrogens (tertiary/aromatic N) is 1. The minimum atomic E-state index is -0.980. The number of para-hydroxylation sites is 1. The van der Waals surface area contributed by atoms with Crippen LogP contribution in [-0.2, 0) is 0 Å². The maximum absolute atomic E-state index is 11.7. The highest BCUT2D eigenvalue weighted by Crippen LogP contribution is 2.24. The highest BCUT2D eigenvalue weighted by molar-refractivity contribution is 5.86. The van der Waals surface area contributed by atoms with E-state index in [9.17, 15) is 14.9 Å². The lowest BCUT2D eigenvalue weighted by molar-refractivity contribution is -0.387. The second-order valence-electron chi connectivity index (χ2n) is 5.37. The molecular weight excluding hydrogens is 258 g/mol. The molecule has 0 N–H and O–H groups in total. The molecule has 0 atom stereocenters. The number of hydrogen-bond acceptors (Lipinski definition) is 4. The van der Waals surface area contributed by atoms with Crippen LogP contribution in [0.5, 0.6) is 0 Å². The topological polar surface area (TPSA) is 73.3 Å². The third-order valence-electron chi connectivity index (χ3n) is 2.53. The van der Waals surface area contributed by atoms with Crippen molar-refractivity contribution in [1.29, 1.82) is 0 Å². The smallest absolute Gasteiger partial charge is 0.416 e. The predicted octanol–water partition coefficient (Wildman–Crippen LogP) is 3.10. The highest BCUT2D eigenvalue weighted by Gasteiger charge is 2.23. The fraction of sp³-hybridized carbons (Fsp3) is 0.267. The average Bonchev–Trinajstić information content (AvgIpc) is 2.33. The van der Waals surface area contributed by atoms with E-state index in [4.69, 9.17) is 4.42 Å². The van der Waals surface area contributed by atoms with E-state index in [1.807, 2.05) is 20.8 Å². The molecule has 0 aliphatic heterocycles. The van der Waals surface area contributed by atoms with Crippen LogP contribution in [0.15, 0.2) is 33.5 Å². The molecule has 0 aliphatic carbocycles. The lowest BCUT2D eigenvalue weighted by Gasteiger charge is -2.07. The molecule has 2 rings (SSSR count). The highest BCUT2D eigenvalue weighted by atomic mass is 16.6. The predicted molar refractivity (Wildman–Crippen MR) is 75.5 cm³/mol. The molecule has 5 nitrogen and oxygen atoms in total. The monoisotopic (exact) mass is 271 g/mol. The van der Waals surface area contributed by atoms with Gasteiger partial charge in [-0.15, -0.1) is 0 Å². The molecule has 5 heteroatoms. The van der Waals surface area contributed by atoms with Gasteiger partial charge < -0.3 is 4.42 Å². The molecule has 102 valence electrons. The van der Waals surface area contributed by atoms with Gasteiger partial charge in [-0.2, -0.15) is 0 Å². The maximum atomic E-state index is 11.7. The van der Waals surface area contributed by atoms with Gasteiger partial charge in [0.25, 0.3) is 0 Å². The van der Waals surface area contributed by atoms with Gasteiger partial charge in [-0.05, 0) is 32.9 Å². The molecule has 0 saturated heterocycles. The van der Waals surface area contributed by atoms with E-state index in [1.54, 1.807) is 24.3 Å². The summed E-state index contributed by atoms with van der Waals surface area (Å²) in [5, 5.41) is 11.6. The standard InChI is InChI=1S/C15H13NO4/c1-15(2,3)9-8-11-10-6-4-5-7-12(10)20-14(17)13(11)16(18)19/h4-7H,1-3H3. The zero-order chi connectivity index (χ0) is 14.9. The van der Waals surface area contributed by atoms with Crippen LogP contribution in [-0.4, -0.2) is 4.92 Å². The van der Waals surface area contributed by atoms with Crippen molar-refractivity contribution >= 4 is 16.7 Å². The van der Waals surface area contributed by atoms with Crippen LogP contribution < -0.4 is 5.63 Å². The summed E-state index contributed by atoms with van der Waals surface area (Å²) in [6.45, 7) is 5.67. The lowest BCUT2D eigenvalue weighted by Crippen LogP contribution is -2.10. The normalized spacial score (nSPS) is 10.9. The van der Waals surface area contributed by atoms with Crippen molar-refractivity contribution in [2.45, 2.75) is 20.8 Å². The van der Waals surface area contributed by atoms with Crippen LogP contribution in [0.1, 0.15) is 26.3 Å². The number of rotatable bonds is 1. The summed E-state index contributed by atoms with van der Waals surface area (Å²) in [5.41, 5.74) is -1.52. The van der Waals surface area contributed by atoms with Gasteiger partial charge in [0.05, 0.1) is 4.92 Å². The Balaban J connectivity index is 2.89. The first-order valence-corrected chi connectivity index (χ1v) is 6.03. The Morgan fingerprint density at radius 3 is 2.50 bits per heavy atom. The Morgan fingerprint density at radius 2 is 1.90 bits per heavy atom. The molecule has 2 aromatic rings. The first-order chi connectivity index (χ1) is 9.29. The maximum Gasteiger partial charge on any atom is 0.416 e. The number of fused-ring (bicyclic) bond motifs is 1. The van der Waals surface area contributed by atoms with Crippen molar-refractivity contribution in [3.63, 3.8) is 0 Å². The van der Waals surface area contributed by atoms with E-state index in [0.717, 1.165) is 0 Å². The average molecular weight is 271 g/mol. The van der Waals surface area contributed by atoms with Gasteiger partial charge in [0, 0.05) is 10.8 Å². The van der Waals surface area contributed by atoms with Crippen LogP contribution in [0, 0.1) is 27.4 Å². The molecule has 0 fully saturated rings. The molecule has 0 unspecified atom stereocenters. The van der Waals surface area contributed by atoms with Crippen LogP contribution in [0.2, 0.25) is 0 Å². The SMILES string of the molecule is CC(C)(C)C#Cc1c([N+](=O)[O-])c(=O)oc2ccccc12. The molecule has 0 amide bonds. The van der Waals surface area contributed by atoms with E-state index in [-0.39, 0.29) is 11.0 Å². The largest absolute Gasteiger partial charge is 0.418 e. The summed E-state index contributed by atoms with van der Waals surface area (Å²) in [6, 6.07) is 6.65. The molecule has 1 aromatic heterocycles. The Kier molecular flexibility index (Phi) is 3.33. The van der Waals surface area contributed by atoms with E-state index < -0.39 is 16.2 Å². The van der Waals surface area contributed by atoms with Gasteiger partial charge in [-0.25, -0.2) is 4.79 Å². The van der Waals surface area contributed by atoms with E-state index in [1.165, 1.54) is 0 Å².